The number of carbonyl (C=O) groups is 3. The van der Waals surface area contributed by atoms with Gasteiger partial charge in [0, 0.05) is 24.9 Å². The average Bonchev–Trinajstić information content (AvgIpc) is 3.43. The zero-order valence-corrected chi connectivity index (χ0v) is 23.4. The first-order valence-electron chi connectivity index (χ1n) is 13.4. The van der Waals surface area contributed by atoms with Crippen LogP contribution in [-0.4, -0.2) is 101 Å². The molecule has 1 spiro atoms. The van der Waals surface area contributed by atoms with Crippen LogP contribution in [0.3, 0.4) is 0 Å². The minimum atomic E-state index is -0.951. The van der Waals surface area contributed by atoms with Gasteiger partial charge < -0.3 is 19.8 Å². The smallest absolute Gasteiger partial charge is 0.248 e. The predicted octanol–water partition coefficient (Wildman–Crippen LogP) is 1.52. The maximum Gasteiger partial charge on any atom is 0.248 e. The molecule has 3 amide bonds. The third-order valence-electron chi connectivity index (χ3n) is 8.82. The van der Waals surface area contributed by atoms with Gasteiger partial charge in [-0.3, -0.25) is 14.4 Å². The summed E-state index contributed by atoms with van der Waals surface area (Å²) in [5.41, 5.74) is 1.54. The largest absolute Gasteiger partial charge is 0.394 e. The number of aliphatic hydroxyl groups is 1. The molecule has 2 fully saturated rings. The molecule has 2 aromatic rings. The third-order valence-corrected chi connectivity index (χ3v) is 10.6. The standard InChI is InChI=1S/C28H34N6O4S/c1-17(2)20(15-35)34-23-26(38)32(16-33-19-10-6-5-9-18(19)29-30-33)14-8-12-28(23)22(25(34)37)21-24(36)31(4)13-7-11-27(21,3)39-28/h5-12,17,20-23,35H,13-16H2,1-4H3/t20-,21+,22-,23?,27-,28-/m0/s1. The van der Waals surface area contributed by atoms with Gasteiger partial charge in [0.1, 0.15) is 18.2 Å². The summed E-state index contributed by atoms with van der Waals surface area (Å²) in [6.07, 6.45) is 7.97. The van der Waals surface area contributed by atoms with Gasteiger partial charge in [-0.1, -0.05) is 55.5 Å². The highest BCUT2D eigenvalue weighted by Gasteiger charge is 2.74. The van der Waals surface area contributed by atoms with E-state index in [2.05, 4.69) is 10.3 Å². The van der Waals surface area contributed by atoms with Crippen molar-refractivity contribution in [2.45, 2.75) is 49.0 Å². The Balaban J connectivity index is 1.47. The molecule has 5 heterocycles. The van der Waals surface area contributed by atoms with Crippen molar-refractivity contribution in [2.75, 3.05) is 26.7 Å². The summed E-state index contributed by atoms with van der Waals surface area (Å²) in [5, 5.41) is 19.0. The van der Waals surface area contributed by atoms with E-state index in [9.17, 15) is 19.5 Å². The molecular weight excluding hydrogens is 516 g/mol. The molecule has 4 aliphatic heterocycles. The number of aliphatic hydroxyl groups excluding tert-OH is 1. The van der Waals surface area contributed by atoms with Crippen LogP contribution in [0.15, 0.2) is 48.6 Å². The molecule has 0 saturated carbocycles. The highest BCUT2D eigenvalue weighted by molar-refractivity contribution is 8.02. The van der Waals surface area contributed by atoms with E-state index < -0.39 is 33.4 Å². The topological polar surface area (TPSA) is 112 Å². The van der Waals surface area contributed by atoms with Gasteiger partial charge in [0.2, 0.25) is 17.7 Å². The molecule has 206 valence electrons. The molecule has 11 heteroatoms. The molecule has 6 rings (SSSR count). The summed E-state index contributed by atoms with van der Waals surface area (Å²) >= 11 is 1.55. The Bertz CT molecular complexity index is 1410. The van der Waals surface area contributed by atoms with Gasteiger partial charge in [0.25, 0.3) is 0 Å². The summed E-state index contributed by atoms with van der Waals surface area (Å²) < 4.78 is 0.0894. The predicted molar refractivity (Wildman–Crippen MR) is 147 cm³/mol. The van der Waals surface area contributed by atoms with Crippen LogP contribution in [0.4, 0.5) is 0 Å². The van der Waals surface area contributed by atoms with Crippen LogP contribution in [-0.2, 0) is 21.1 Å². The first-order valence-corrected chi connectivity index (χ1v) is 14.2. The Morgan fingerprint density at radius 1 is 1.05 bits per heavy atom. The molecule has 1 N–H and O–H groups in total. The molecule has 2 saturated heterocycles. The van der Waals surface area contributed by atoms with E-state index in [4.69, 9.17) is 0 Å². The Morgan fingerprint density at radius 2 is 1.79 bits per heavy atom. The van der Waals surface area contributed by atoms with E-state index in [1.165, 1.54) is 0 Å². The van der Waals surface area contributed by atoms with Crippen molar-refractivity contribution >= 4 is 40.5 Å². The average molecular weight is 551 g/mol. The summed E-state index contributed by atoms with van der Waals surface area (Å²) in [5.74, 6) is -1.99. The van der Waals surface area contributed by atoms with Gasteiger partial charge in [-0.15, -0.1) is 16.9 Å². The quantitative estimate of drug-likeness (QED) is 0.562. The number of fused-ring (bicyclic) bond motifs is 3. The molecule has 39 heavy (non-hydrogen) atoms. The van der Waals surface area contributed by atoms with Crippen molar-refractivity contribution in [3.63, 3.8) is 0 Å². The monoisotopic (exact) mass is 550 g/mol. The lowest BCUT2D eigenvalue weighted by atomic mass is 9.74. The van der Waals surface area contributed by atoms with E-state index in [1.807, 2.05) is 69.3 Å². The number of rotatable bonds is 5. The lowest BCUT2D eigenvalue weighted by molar-refractivity contribution is -0.148. The van der Waals surface area contributed by atoms with Gasteiger partial charge >= 0.3 is 0 Å². The maximum atomic E-state index is 14.6. The van der Waals surface area contributed by atoms with Crippen LogP contribution in [0.1, 0.15) is 20.8 Å². The van der Waals surface area contributed by atoms with Crippen molar-refractivity contribution in [1.82, 2.24) is 29.7 Å². The van der Waals surface area contributed by atoms with Gasteiger partial charge in [-0.25, -0.2) is 4.68 Å². The van der Waals surface area contributed by atoms with E-state index >= 15 is 0 Å². The molecular formula is C28H34N6O4S. The molecule has 0 aliphatic carbocycles. The molecule has 4 aliphatic rings. The lowest BCUT2D eigenvalue weighted by Crippen LogP contribution is -2.58. The number of hydrogen-bond acceptors (Lipinski definition) is 7. The van der Waals surface area contributed by atoms with Gasteiger partial charge in [-0.05, 0) is 25.0 Å². The van der Waals surface area contributed by atoms with Crippen LogP contribution >= 0.6 is 11.8 Å². The van der Waals surface area contributed by atoms with Gasteiger partial charge in [-0.2, -0.15) is 0 Å². The van der Waals surface area contributed by atoms with E-state index in [0.29, 0.717) is 13.1 Å². The number of nitrogens with zero attached hydrogens (tertiary/aromatic N) is 6. The van der Waals surface area contributed by atoms with E-state index in [0.717, 1.165) is 11.0 Å². The van der Waals surface area contributed by atoms with Crippen molar-refractivity contribution in [3.8, 4) is 0 Å². The summed E-state index contributed by atoms with van der Waals surface area (Å²) in [4.78, 5) is 47.7. The Labute approximate surface area is 231 Å². The fourth-order valence-corrected chi connectivity index (χ4v) is 9.06. The number of thioether (sulfide) groups is 1. The molecule has 10 nitrogen and oxygen atoms in total. The first-order chi connectivity index (χ1) is 18.6. The maximum absolute atomic E-state index is 14.6. The van der Waals surface area contributed by atoms with E-state index in [1.54, 1.807) is 38.2 Å². The Morgan fingerprint density at radius 3 is 2.54 bits per heavy atom. The molecule has 1 aromatic heterocycles. The molecule has 6 atom stereocenters. The molecule has 0 bridgehead atoms. The Hall–Kier alpha value is -3.18. The molecule has 0 radical (unpaired) electrons. The van der Waals surface area contributed by atoms with Crippen LogP contribution in [0.2, 0.25) is 0 Å². The number of likely N-dealkylation sites (tertiary alicyclic amines) is 1. The van der Waals surface area contributed by atoms with Crippen molar-refractivity contribution < 1.29 is 19.5 Å². The number of para-hydroxylation sites is 1. The fourth-order valence-electron chi connectivity index (χ4n) is 6.92. The minimum absolute atomic E-state index is 0.0908. The van der Waals surface area contributed by atoms with Crippen LogP contribution in [0.5, 0.6) is 0 Å². The Kier molecular flexibility index (Phi) is 6.14. The highest BCUT2D eigenvalue weighted by Crippen LogP contribution is 2.65. The molecule has 1 unspecified atom stereocenters. The van der Waals surface area contributed by atoms with Crippen molar-refractivity contribution in [2.24, 2.45) is 17.8 Å². The van der Waals surface area contributed by atoms with Crippen molar-refractivity contribution in [1.29, 1.82) is 0 Å². The fraction of sp³-hybridized carbons (Fsp3) is 0.536. The van der Waals surface area contributed by atoms with Crippen molar-refractivity contribution in [3.05, 3.63) is 48.6 Å². The summed E-state index contributed by atoms with van der Waals surface area (Å²) in [6.45, 7) is 6.59. The number of likely N-dealkylation sites (N-methyl/N-ethyl adjacent to an activating group) is 1. The zero-order chi connectivity index (χ0) is 27.7. The SMILES string of the molecule is CC(C)[C@H](CO)N1C(=O)[C@@H]2[C@@H]3C(=O)N(C)CC=C[C@]3(C)S[C@@]23C=CCN(Cn2nnc4ccccc42)C(=O)C13. The van der Waals surface area contributed by atoms with Gasteiger partial charge in [0.15, 0.2) is 0 Å². The van der Waals surface area contributed by atoms with Crippen LogP contribution < -0.4 is 0 Å². The number of benzene rings is 1. The van der Waals surface area contributed by atoms with Crippen LogP contribution in [0, 0.1) is 17.8 Å². The number of aromatic nitrogens is 3. The first kappa shape index (κ1) is 26.1. The number of carbonyl (C=O) groups excluding carboxylic acids is 3. The van der Waals surface area contributed by atoms with E-state index in [-0.39, 0.29) is 36.9 Å². The normalized spacial score (nSPS) is 33.0. The zero-order valence-electron chi connectivity index (χ0n) is 22.6. The second-order valence-corrected chi connectivity index (χ2v) is 13.3. The van der Waals surface area contributed by atoms with Crippen LogP contribution in [0.25, 0.3) is 11.0 Å². The lowest BCUT2D eigenvalue weighted by Gasteiger charge is -2.40. The number of amides is 3. The molecule has 1 aromatic carbocycles. The third kappa shape index (κ3) is 3.69. The van der Waals surface area contributed by atoms with Gasteiger partial charge in [0.05, 0.1) is 34.7 Å². The number of hydrogen-bond donors (Lipinski definition) is 1. The minimum Gasteiger partial charge on any atom is -0.394 e. The second kappa shape index (κ2) is 9.19. The summed E-state index contributed by atoms with van der Waals surface area (Å²) in [6, 6.07) is 6.14. The second-order valence-electron chi connectivity index (χ2n) is 11.5. The summed E-state index contributed by atoms with van der Waals surface area (Å²) in [7, 11) is 1.76. The highest BCUT2D eigenvalue weighted by atomic mass is 32.2.